The molecule has 1 aromatic rings. The van der Waals surface area contributed by atoms with Crippen LogP contribution in [0.3, 0.4) is 0 Å². The van der Waals surface area contributed by atoms with Crippen LogP contribution < -0.4 is 0 Å². The first-order valence-corrected chi connectivity index (χ1v) is 8.85. The van der Waals surface area contributed by atoms with E-state index in [1.165, 1.54) is 5.56 Å². The highest BCUT2D eigenvalue weighted by atomic mass is 16.5. The van der Waals surface area contributed by atoms with Gasteiger partial charge in [0.25, 0.3) is 0 Å². The molecule has 126 valence electrons. The van der Waals surface area contributed by atoms with E-state index in [0.29, 0.717) is 12.5 Å². The van der Waals surface area contributed by atoms with E-state index in [9.17, 15) is 4.79 Å². The van der Waals surface area contributed by atoms with Crippen LogP contribution in [0.4, 0.5) is 0 Å². The third kappa shape index (κ3) is 4.79. The Hall–Kier alpha value is -1.39. The maximum atomic E-state index is 12.6. The minimum Gasteiger partial charge on any atom is -0.381 e. The zero-order chi connectivity index (χ0) is 15.9. The Morgan fingerprint density at radius 2 is 1.91 bits per heavy atom. The number of morpholine rings is 1. The van der Waals surface area contributed by atoms with Gasteiger partial charge in [-0.1, -0.05) is 30.3 Å². The van der Waals surface area contributed by atoms with Crippen molar-refractivity contribution in [1.82, 2.24) is 4.90 Å². The van der Waals surface area contributed by atoms with Gasteiger partial charge >= 0.3 is 0 Å². The van der Waals surface area contributed by atoms with Crippen LogP contribution in [0.2, 0.25) is 0 Å². The average Bonchev–Trinajstić information content (AvgIpc) is 2.63. The number of hydrogen-bond donors (Lipinski definition) is 0. The van der Waals surface area contributed by atoms with Crippen molar-refractivity contribution in [3.8, 4) is 0 Å². The second-order valence-corrected chi connectivity index (χ2v) is 6.54. The third-order valence-corrected chi connectivity index (χ3v) is 4.86. The van der Waals surface area contributed by atoms with Crippen molar-refractivity contribution in [3.05, 3.63) is 35.9 Å². The summed E-state index contributed by atoms with van der Waals surface area (Å²) < 4.78 is 11.2. The molecular weight excluding hydrogens is 290 g/mol. The largest absolute Gasteiger partial charge is 0.381 e. The van der Waals surface area contributed by atoms with E-state index in [2.05, 4.69) is 24.3 Å². The topological polar surface area (TPSA) is 38.8 Å². The van der Waals surface area contributed by atoms with Crippen LogP contribution in [0.1, 0.15) is 31.2 Å². The van der Waals surface area contributed by atoms with E-state index in [-0.39, 0.29) is 12.0 Å². The molecule has 0 aliphatic carbocycles. The molecule has 0 N–H and O–H groups in total. The molecule has 1 atom stereocenters. The number of rotatable bonds is 5. The van der Waals surface area contributed by atoms with Crippen LogP contribution in [0.15, 0.2) is 30.3 Å². The van der Waals surface area contributed by atoms with Crippen LogP contribution in [0, 0.1) is 5.92 Å². The van der Waals surface area contributed by atoms with Crippen molar-refractivity contribution >= 4 is 5.91 Å². The summed E-state index contributed by atoms with van der Waals surface area (Å²) in [4.78, 5) is 14.6. The van der Waals surface area contributed by atoms with Gasteiger partial charge in [-0.25, -0.2) is 0 Å². The second kappa shape index (κ2) is 8.46. The average molecular weight is 317 g/mol. The lowest BCUT2D eigenvalue weighted by molar-refractivity contribution is -0.146. The number of aryl methyl sites for hydroxylation is 1. The van der Waals surface area contributed by atoms with Gasteiger partial charge in [-0.05, 0) is 37.7 Å². The first-order chi connectivity index (χ1) is 11.3. The van der Waals surface area contributed by atoms with Crippen LogP contribution in [0.5, 0.6) is 0 Å². The molecule has 3 rings (SSSR count). The Morgan fingerprint density at radius 1 is 1.13 bits per heavy atom. The number of amides is 1. The van der Waals surface area contributed by atoms with Gasteiger partial charge in [0.15, 0.2) is 0 Å². The highest BCUT2D eigenvalue weighted by molar-refractivity contribution is 5.79. The number of nitrogens with zero attached hydrogens (tertiary/aromatic N) is 1. The smallest absolute Gasteiger partial charge is 0.226 e. The van der Waals surface area contributed by atoms with Gasteiger partial charge < -0.3 is 14.4 Å². The molecule has 23 heavy (non-hydrogen) atoms. The maximum Gasteiger partial charge on any atom is 0.226 e. The fourth-order valence-corrected chi connectivity index (χ4v) is 3.48. The van der Waals surface area contributed by atoms with E-state index in [0.717, 1.165) is 58.4 Å². The predicted octanol–water partition coefficient (Wildman–Crippen LogP) is 2.66. The lowest BCUT2D eigenvalue weighted by Gasteiger charge is -2.36. The van der Waals surface area contributed by atoms with Crippen molar-refractivity contribution in [3.63, 3.8) is 0 Å². The highest BCUT2D eigenvalue weighted by Crippen LogP contribution is 2.20. The molecular formula is C19H27NO3. The number of hydrogen-bond acceptors (Lipinski definition) is 3. The van der Waals surface area contributed by atoms with E-state index in [4.69, 9.17) is 9.47 Å². The van der Waals surface area contributed by atoms with E-state index >= 15 is 0 Å². The summed E-state index contributed by atoms with van der Waals surface area (Å²) in [7, 11) is 0. The molecule has 2 aliphatic heterocycles. The molecule has 2 fully saturated rings. The Bertz CT molecular complexity index is 485. The van der Waals surface area contributed by atoms with Gasteiger partial charge in [0, 0.05) is 32.2 Å². The lowest BCUT2D eigenvalue weighted by Crippen LogP contribution is -2.48. The van der Waals surface area contributed by atoms with Crippen molar-refractivity contribution in [1.29, 1.82) is 0 Å². The Balaban J connectivity index is 1.43. The molecule has 4 heteroatoms. The Morgan fingerprint density at radius 3 is 2.70 bits per heavy atom. The standard InChI is InChI=1S/C19H27NO3/c21-19(17-9-12-22-13-10-17)20-11-14-23-18(15-20)8-4-7-16-5-2-1-3-6-16/h1-3,5-6,17-18H,4,7-15H2/t18-/m1/s1. The van der Waals surface area contributed by atoms with E-state index in [1.807, 2.05) is 11.0 Å². The van der Waals surface area contributed by atoms with Gasteiger partial charge in [-0.15, -0.1) is 0 Å². The fourth-order valence-electron chi connectivity index (χ4n) is 3.48. The predicted molar refractivity (Wildman–Crippen MR) is 89.2 cm³/mol. The van der Waals surface area contributed by atoms with Crippen LogP contribution in [-0.4, -0.2) is 49.8 Å². The quantitative estimate of drug-likeness (QED) is 0.838. The molecule has 2 heterocycles. The van der Waals surface area contributed by atoms with Gasteiger partial charge in [0.1, 0.15) is 0 Å². The van der Waals surface area contributed by atoms with Gasteiger partial charge in [0.05, 0.1) is 12.7 Å². The molecule has 2 aliphatic rings. The normalized spacial score (nSPS) is 23.0. The Labute approximate surface area is 138 Å². The number of benzene rings is 1. The maximum absolute atomic E-state index is 12.6. The molecule has 0 bridgehead atoms. The SMILES string of the molecule is O=C(C1CCOCC1)N1CCO[C@H](CCCc2ccccc2)C1. The summed E-state index contributed by atoms with van der Waals surface area (Å²) in [6.07, 6.45) is 5.13. The molecule has 0 unspecified atom stereocenters. The van der Waals surface area contributed by atoms with Gasteiger partial charge in [0.2, 0.25) is 5.91 Å². The van der Waals surface area contributed by atoms with E-state index < -0.39 is 0 Å². The van der Waals surface area contributed by atoms with Crippen molar-refractivity contribution in [2.24, 2.45) is 5.92 Å². The summed E-state index contributed by atoms with van der Waals surface area (Å²) in [6.45, 7) is 3.61. The first-order valence-electron chi connectivity index (χ1n) is 8.85. The van der Waals surface area contributed by atoms with Crippen molar-refractivity contribution in [2.45, 2.75) is 38.2 Å². The minimum atomic E-state index is 0.159. The van der Waals surface area contributed by atoms with Crippen molar-refractivity contribution in [2.75, 3.05) is 32.9 Å². The summed E-state index contributed by atoms with van der Waals surface area (Å²) in [5, 5.41) is 0. The number of carbonyl (C=O) groups excluding carboxylic acids is 1. The van der Waals surface area contributed by atoms with Crippen molar-refractivity contribution < 1.29 is 14.3 Å². The molecule has 2 saturated heterocycles. The summed E-state index contributed by atoms with van der Waals surface area (Å²) >= 11 is 0. The molecule has 1 aromatic carbocycles. The zero-order valence-corrected chi connectivity index (χ0v) is 13.8. The van der Waals surface area contributed by atoms with Gasteiger partial charge in [-0.3, -0.25) is 4.79 Å². The minimum absolute atomic E-state index is 0.159. The van der Waals surface area contributed by atoms with E-state index in [1.54, 1.807) is 0 Å². The molecule has 0 spiro atoms. The molecule has 0 radical (unpaired) electrons. The number of carbonyl (C=O) groups is 1. The molecule has 0 saturated carbocycles. The first kappa shape index (κ1) is 16.5. The van der Waals surface area contributed by atoms with Crippen LogP contribution >= 0.6 is 0 Å². The lowest BCUT2D eigenvalue weighted by atomic mass is 9.98. The van der Waals surface area contributed by atoms with Crippen LogP contribution in [-0.2, 0) is 20.7 Å². The van der Waals surface area contributed by atoms with Gasteiger partial charge in [-0.2, -0.15) is 0 Å². The third-order valence-electron chi connectivity index (χ3n) is 4.86. The highest BCUT2D eigenvalue weighted by Gasteiger charge is 2.30. The second-order valence-electron chi connectivity index (χ2n) is 6.54. The molecule has 4 nitrogen and oxygen atoms in total. The monoisotopic (exact) mass is 317 g/mol. The number of ether oxygens (including phenoxy) is 2. The molecule has 0 aromatic heterocycles. The zero-order valence-electron chi connectivity index (χ0n) is 13.8. The Kier molecular flexibility index (Phi) is 6.06. The fraction of sp³-hybridized carbons (Fsp3) is 0.632. The van der Waals surface area contributed by atoms with Crippen LogP contribution in [0.25, 0.3) is 0 Å². The summed E-state index contributed by atoms with van der Waals surface area (Å²) in [6, 6.07) is 10.6. The summed E-state index contributed by atoms with van der Waals surface area (Å²) in [5.41, 5.74) is 1.37. The molecule has 1 amide bonds. The summed E-state index contributed by atoms with van der Waals surface area (Å²) in [5.74, 6) is 0.469.